The zero-order valence-corrected chi connectivity index (χ0v) is 11.7. The van der Waals surface area contributed by atoms with E-state index in [0.717, 1.165) is 6.07 Å². The Balaban J connectivity index is 2.03. The van der Waals surface area contributed by atoms with E-state index in [-0.39, 0.29) is 17.0 Å². The minimum atomic E-state index is -4.58. The van der Waals surface area contributed by atoms with Crippen molar-refractivity contribution in [1.82, 2.24) is 4.98 Å². The Morgan fingerprint density at radius 3 is 2.74 bits per heavy atom. The Hall–Kier alpha value is -2.83. The average Bonchev–Trinajstić information content (AvgIpc) is 2.52. The van der Waals surface area contributed by atoms with Crippen LogP contribution in [-0.4, -0.2) is 17.5 Å². The number of aromatic nitrogens is 1. The highest BCUT2D eigenvalue weighted by Crippen LogP contribution is 2.42. The number of carbonyl (C=O) groups excluding carboxylic acids is 1. The first-order chi connectivity index (χ1) is 10.9. The first-order valence-corrected chi connectivity index (χ1v) is 6.70. The maximum atomic E-state index is 13.2. The summed E-state index contributed by atoms with van der Waals surface area (Å²) in [7, 11) is 0. The third kappa shape index (κ3) is 3.33. The fourth-order valence-corrected chi connectivity index (χ4v) is 2.19. The van der Waals surface area contributed by atoms with Gasteiger partial charge in [-0.15, -0.1) is 0 Å². The normalized spacial score (nSPS) is 14.3. The van der Waals surface area contributed by atoms with Crippen LogP contribution in [0.15, 0.2) is 36.5 Å². The molecule has 2 aromatic rings. The van der Waals surface area contributed by atoms with Gasteiger partial charge in [0.15, 0.2) is 12.4 Å². The molecule has 7 heteroatoms. The van der Waals surface area contributed by atoms with Crippen LogP contribution in [0.4, 0.5) is 18.9 Å². The molecule has 0 spiro atoms. The van der Waals surface area contributed by atoms with E-state index < -0.39 is 24.3 Å². The summed E-state index contributed by atoms with van der Waals surface area (Å²) in [6.07, 6.45) is 0.0920. The van der Waals surface area contributed by atoms with Gasteiger partial charge in [-0.2, -0.15) is 13.2 Å². The van der Waals surface area contributed by atoms with Crippen LogP contribution in [0.2, 0.25) is 0 Å². The first kappa shape index (κ1) is 15.1. The molecule has 1 aromatic heterocycles. The van der Waals surface area contributed by atoms with Crippen molar-refractivity contribution < 1.29 is 22.7 Å². The van der Waals surface area contributed by atoms with Gasteiger partial charge in [0.2, 0.25) is 0 Å². The van der Waals surface area contributed by atoms with Crippen molar-refractivity contribution in [3.63, 3.8) is 0 Å². The standard InChI is InChI=1S/C16H11F3N2O2/c17-16(18,19)12-7-10(4-5-11-3-1-2-6-20-11)8-13-15(12)23-9-14(22)21-13/h1-8H,9H2,(H,21,22)/b5-4+. The van der Waals surface area contributed by atoms with Crippen LogP contribution in [0.3, 0.4) is 0 Å². The highest BCUT2D eigenvalue weighted by Gasteiger charge is 2.37. The average molecular weight is 320 g/mol. The third-order valence-electron chi connectivity index (χ3n) is 3.17. The highest BCUT2D eigenvalue weighted by molar-refractivity contribution is 5.96. The van der Waals surface area contributed by atoms with Crippen LogP contribution in [0.25, 0.3) is 12.2 Å². The molecular formula is C16H11F3N2O2. The molecule has 0 radical (unpaired) electrons. The molecule has 1 aromatic carbocycles. The quantitative estimate of drug-likeness (QED) is 0.920. The molecule has 1 aliphatic rings. The number of ether oxygens (including phenoxy) is 1. The van der Waals surface area contributed by atoms with Crippen molar-refractivity contribution in [2.45, 2.75) is 6.18 Å². The van der Waals surface area contributed by atoms with E-state index in [1.807, 2.05) is 0 Å². The summed E-state index contributed by atoms with van der Waals surface area (Å²) >= 11 is 0. The number of halogens is 3. The number of fused-ring (bicyclic) bond motifs is 1. The lowest BCUT2D eigenvalue weighted by Gasteiger charge is -2.22. The van der Waals surface area contributed by atoms with E-state index in [1.54, 1.807) is 30.5 Å². The van der Waals surface area contributed by atoms with Gasteiger partial charge in [0.05, 0.1) is 11.4 Å². The summed E-state index contributed by atoms with van der Waals surface area (Å²) in [6, 6.07) is 7.65. The van der Waals surface area contributed by atoms with Crippen LogP contribution >= 0.6 is 0 Å². The molecule has 1 amide bonds. The highest BCUT2D eigenvalue weighted by atomic mass is 19.4. The number of anilines is 1. The van der Waals surface area contributed by atoms with Gasteiger partial charge in [-0.25, -0.2) is 0 Å². The number of nitrogens with one attached hydrogen (secondary N) is 1. The summed E-state index contributed by atoms with van der Waals surface area (Å²) in [6.45, 7) is -0.431. The fraction of sp³-hybridized carbons (Fsp3) is 0.125. The number of hydrogen-bond acceptors (Lipinski definition) is 3. The number of benzene rings is 1. The van der Waals surface area contributed by atoms with Crippen LogP contribution in [0.5, 0.6) is 5.75 Å². The fourth-order valence-electron chi connectivity index (χ4n) is 2.19. The molecule has 0 unspecified atom stereocenters. The second-order valence-electron chi connectivity index (χ2n) is 4.87. The largest absolute Gasteiger partial charge is 0.481 e. The molecule has 0 bridgehead atoms. The summed E-state index contributed by atoms with van der Waals surface area (Å²) in [4.78, 5) is 15.4. The second kappa shape index (κ2) is 5.75. The monoisotopic (exact) mass is 320 g/mol. The lowest BCUT2D eigenvalue weighted by atomic mass is 10.1. The summed E-state index contributed by atoms with van der Waals surface area (Å²) in [5, 5.41) is 2.40. The van der Waals surface area contributed by atoms with Crippen molar-refractivity contribution in [2.75, 3.05) is 11.9 Å². The van der Waals surface area contributed by atoms with Crippen LogP contribution in [0, 0.1) is 0 Å². The van der Waals surface area contributed by atoms with Gasteiger partial charge in [0.1, 0.15) is 5.56 Å². The van der Waals surface area contributed by atoms with Crippen molar-refractivity contribution in [1.29, 1.82) is 0 Å². The molecule has 2 heterocycles. The van der Waals surface area contributed by atoms with E-state index in [2.05, 4.69) is 10.3 Å². The topological polar surface area (TPSA) is 51.2 Å². The number of alkyl halides is 3. The molecule has 1 aliphatic heterocycles. The second-order valence-corrected chi connectivity index (χ2v) is 4.87. The van der Waals surface area contributed by atoms with E-state index >= 15 is 0 Å². The molecule has 118 valence electrons. The number of nitrogens with zero attached hydrogens (tertiary/aromatic N) is 1. The number of amides is 1. The van der Waals surface area contributed by atoms with Gasteiger partial charge in [-0.3, -0.25) is 9.78 Å². The van der Waals surface area contributed by atoms with Gasteiger partial charge >= 0.3 is 6.18 Å². The SMILES string of the molecule is O=C1COc2c(cc(/C=C/c3ccccn3)cc2C(F)(F)F)N1. The molecular weight excluding hydrogens is 309 g/mol. The van der Waals surface area contributed by atoms with Gasteiger partial charge in [-0.1, -0.05) is 12.1 Å². The molecule has 0 aliphatic carbocycles. The van der Waals surface area contributed by atoms with Gasteiger partial charge < -0.3 is 10.1 Å². The van der Waals surface area contributed by atoms with E-state index in [4.69, 9.17) is 4.74 Å². The van der Waals surface area contributed by atoms with Gasteiger partial charge in [-0.05, 0) is 35.9 Å². The molecule has 23 heavy (non-hydrogen) atoms. The number of carbonyl (C=O) groups is 1. The third-order valence-corrected chi connectivity index (χ3v) is 3.17. The van der Waals surface area contributed by atoms with E-state index in [0.29, 0.717) is 5.69 Å². The van der Waals surface area contributed by atoms with Crippen LogP contribution in [0.1, 0.15) is 16.8 Å². The molecule has 3 rings (SSSR count). The number of rotatable bonds is 2. The predicted molar refractivity (Wildman–Crippen MR) is 78.7 cm³/mol. The number of pyridine rings is 1. The smallest absolute Gasteiger partial charge is 0.420 e. The zero-order chi connectivity index (χ0) is 16.4. The van der Waals surface area contributed by atoms with Crippen molar-refractivity contribution >= 4 is 23.7 Å². The van der Waals surface area contributed by atoms with Gasteiger partial charge in [0, 0.05) is 6.20 Å². The van der Waals surface area contributed by atoms with Crippen LogP contribution < -0.4 is 10.1 Å². The van der Waals surface area contributed by atoms with E-state index in [9.17, 15) is 18.0 Å². The Morgan fingerprint density at radius 2 is 2.04 bits per heavy atom. The molecule has 0 fully saturated rings. The maximum Gasteiger partial charge on any atom is 0.420 e. The lowest BCUT2D eigenvalue weighted by Crippen LogP contribution is -2.27. The lowest BCUT2D eigenvalue weighted by molar-refractivity contribution is -0.139. The van der Waals surface area contributed by atoms with Crippen molar-refractivity contribution in [3.05, 3.63) is 53.3 Å². The molecule has 0 saturated heterocycles. The Bertz CT molecular complexity index is 771. The van der Waals surface area contributed by atoms with Crippen molar-refractivity contribution in [2.24, 2.45) is 0 Å². The zero-order valence-electron chi connectivity index (χ0n) is 11.7. The molecule has 4 nitrogen and oxygen atoms in total. The first-order valence-electron chi connectivity index (χ1n) is 6.70. The van der Waals surface area contributed by atoms with Gasteiger partial charge in [0.25, 0.3) is 5.91 Å². The summed E-state index contributed by atoms with van der Waals surface area (Å²) < 4.78 is 44.5. The minimum Gasteiger partial charge on any atom is -0.481 e. The molecule has 1 N–H and O–H groups in total. The molecule has 0 atom stereocenters. The Labute approximate surface area is 129 Å². The van der Waals surface area contributed by atoms with E-state index in [1.165, 1.54) is 12.1 Å². The maximum absolute atomic E-state index is 13.2. The molecule has 0 saturated carbocycles. The van der Waals surface area contributed by atoms with Crippen LogP contribution in [-0.2, 0) is 11.0 Å². The predicted octanol–water partition coefficient (Wildman–Crippen LogP) is 3.60. The minimum absolute atomic E-state index is 0.0109. The summed E-state index contributed by atoms with van der Waals surface area (Å²) in [5.41, 5.74) is -0.0148. The summed E-state index contributed by atoms with van der Waals surface area (Å²) in [5.74, 6) is -0.844. The Morgan fingerprint density at radius 1 is 1.22 bits per heavy atom. The Kier molecular flexibility index (Phi) is 3.77. The van der Waals surface area contributed by atoms with Crippen molar-refractivity contribution in [3.8, 4) is 5.75 Å². The number of hydrogen-bond donors (Lipinski definition) is 1.